The molecule has 0 amide bonds. The number of halogens is 1. The zero-order valence-corrected chi connectivity index (χ0v) is 12.7. The maximum Gasteiger partial charge on any atom is 0.123 e. The Morgan fingerprint density at radius 3 is 2.67 bits per heavy atom. The van der Waals surface area contributed by atoms with E-state index in [9.17, 15) is 0 Å². The van der Waals surface area contributed by atoms with Gasteiger partial charge in [-0.25, -0.2) is 0 Å². The van der Waals surface area contributed by atoms with E-state index in [0.717, 1.165) is 18.0 Å². The second kappa shape index (κ2) is 6.09. The van der Waals surface area contributed by atoms with Crippen LogP contribution in [0, 0.1) is 10.5 Å². The van der Waals surface area contributed by atoms with Gasteiger partial charge >= 0.3 is 0 Å². The standard InChI is InChI=1S/C15H16INO/c1-11-7-8-15(18-2)12(9-11)10-17-14-6-4-3-5-13(14)16/h3-9,17H,10H2,1-2H3. The molecule has 0 radical (unpaired) electrons. The van der Waals surface area contributed by atoms with Crippen molar-refractivity contribution in [1.82, 2.24) is 0 Å². The van der Waals surface area contributed by atoms with E-state index in [1.165, 1.54) is 14.7 Å². The Morgan fingerprint density at radius 1 is 1.17 bits per heavy atom. The monoisotopic (exact) mass is 353 g/mol. The van der Waals surface area contributed by atoms with Crippen LogP contribution in [-0.4, -0.2) is 7.11 Å². The number of aryl methyl sites for hydroxylation is 1. The predicted molar refractivity (Wildman–Crippen MR) is 84.2 cm³/mol. The highest BCUT2D eigenvalue weighted by molar-refractivity contribution is 14.1. The summed E-state index contributed by atoms with van der Waals surface area (Å²) in [5.74, 6) is 0.930. The second-order valence-electron chi connectivity index (χ2n) is 4.15. The summed E-state index contributed by atoms with van der Waals surface area (Å²) >= 11 is 2.33. The SMILES string of the molecule is COc1ccc(C)cc1CNc1ccccc1I. The van der Waals surface area contributed by atoms with Gasteiger partial charge in [0.2, 0.25) is 0 Å². The molecule has 0 aliphatic heterocycles. The number of hydrogen-bond donors (Lipinski definition) is 1. The Hall–Kier alpha value is -1.23. The molecule has 0 saturated carbocycles. The lowest BCUT2D eigenvalue weighted by Gasteiger charge is -2.12. The minimum atomic E-state index is 0.769. The van der Waals surface area contributed by atoms with Gasteiger partial charge in [0.1, 0.15) is 5.75 Å². The molecule has 3 heteroatoms. The molecule has 0 aliphatic carbocycles. The predicted octanol–water partition coefficient (Wildman–Crippen LogP) is 4.22. The zero-order valence-electron chi connectivity index (χ0n) is 10.5. The highest BCUT2D eigenvalue weighted by atomic mass is 127. The van der Waals surface area contributed by atoms with Gasteiger partial charge in [-0.05, 0) is 47.7 Å². The molecule has 1 N–H and O–H groups in total. The molecule has 0 bridgehead atoms. The van der Waals surface area contributed by atoms with E-state index in [4.69, 9.17) is 4.74 Å². The molecule has 2 rings (SSSR count). The zero-order chi connectivity index (χ0) is 13.0. The number of hydrogen-bond acceptors (Lipinski definition) is 2. The minimum absolute atomic E-state index is 0.769. The first-order valence-corrected chi connectivity index (χ1v) is 6.90. The summed E-state index contributed by atoms with van der Waals surface area (Å²) in [6, 6.07) is 14.5. The third-order valence-electron chi connectivity index (χ3n) is 2.78. The van der Waals surface area contributed by atoms with Gasteiger partial charge in [-0.15, -0.1) is 0 Å². The smallest absolute Gasteiger partial charge is 0.123 e. The van der Waals surface area contributed by atoms with Crippen molar-refractivity contribution in [3.05, 3.63) is 57.2 Å². The van der Waals surface area contributed by atoms with E-state index in [0.29, 0.717) is 0 Å². The number of rotatable bonds is 4. The average molecular weight is 353 g/mol. The molecule has 18 heavy (non-hydrogen) atoms. The van der Waals surface area contributed by atoms with E-state index in [-0.39, 0.29) is 0 Å². The van der Waals surface area contributed by atoms with Crippen LogP contribution in [0.25, 0.3) is 0 Å². The topological polar surface area (TPSA) is 21.3 Å². The molecule has 0 aliphatic rings. The van der Waals surface area contributed by atoms with Gasteiger partial charge in [-0.2, -0.15) is 0 Å². The molecule has 2 nitrogen and oxygen atoms in total. The summed E-state index contributed by atoms with van der Waals surface area (Å²) in [6.45, 7) is 2.86. The summed E-state index contributed by atoms with van der Waals surface area (Å²) < 4.78 is 6.60. The fraction of sp³-hybridized carbons (Fsp3) is 0.200. The van der Waals surface area contributed by atoms with Crippen molar-refractivity contribution in [2.45, 2.75) is 13.5 Å². The molecular formula is C15H16INO. The highest BCUT2D eigenvalue weighted by Crippen LogP contribution is 2.22. The van der Waals surface area contributed by atoms with E-state index >= 15 is 0 Å². The van der Waals surface area contributed by atoms with Crippen LogP contribution in [0.3, 0.4) is 0 Å². The number of ether oxygens (including phenoxy) is 1. The molecule has 0 aromatic heterocycles. The lowest BCUT2D eigenvalue weighted by atomic mass is 10.1. The quantitative estimate of drug-likeness (QED) is 0.831. The Bertz CT molecular complexity index is 540. The maximum absolute atomic E-state index is 5.38. The van der Waals surface area contributed by atoms with Gasteiger partial charge in [-0.1, -0.05) is 29.8 Å². The van der Waals surface area contributed by atoms with Crippen LogP contribution in [0.15, 0.2) is 42.5 Å². The van der Waals surface area contributed by atoms with Crippen LogP contribution in [0.2, 0.25) is 0 Å². The molecule has 0 unspecified atom stereocenters. The third kappa shape index (κ3) is 3.16. The highest BCUT2D eigenvalue weighted by Gasteiger charge is 2.04. The van der Waals surface area contributed by atoms with Gasteiger partial charge in [-0.3, -0.25) is 0 Å². The van der Waals surface area contributed by atoms with Crippen molar-refractivity contribution in [3.63, 3.8) is 0 Å². The second-order valence-corrected chi connectivity index (χ2v) is 5.31. The average Bonchev–Trinajstić information content (AvgIpc) is 2.38. The van der Waals surface area contributed by atoms with Crippen LogP contribution in [-0.2, 0) is 6.54 Å². The Labute approximate surface area is 122 Å². The lowest BCUT2D eigenvalue weighted by molar-refractivity contribution is 0.410. The van der Waals surface area contributed by atoms with E-state index in [2.05, 4.69) is 59.1 Å². The first-order valence-electron chi connectivity index (χ1n) is 5.82. The van der Waals surface area contributed by atoms with Gasteiger partial charge in [0.15, 0.2) is 0 Å². The molecule has 0 fully saturated rings. The van der Waals surface area contributed by atoms with Gasteiger partial charge in [0.05, 0.1) is 7.11 Å². The van der Waals surface area contributed by atoms with E-state index in [1.807, 2.05) is 18.2 Å². The van der Waals surface area contributed by atoms with Crippen molar-refractivity contribution >= 4 is 28.3 Å². The maximum atomic E-state index is 5.38. The normalized spacial score (nSPS) is 10.2. The molecule has 0 spiro atoms. The van der Waals surface area contributed by atoms with Crippen LogP contribution >= 0.6 is 22.6 Å². The minimum Gasteiger partial charge on any atom is -0.496 e. The lowest BCUT2D eigenvalue weighted by Crippen LogP contribution is -2.03. The van der Waals surface area contributed by atoms with Crippen molar-refractivity contribution in [1.29, 1.82) is 0 Å². The molecule has 2 aromatic rings. The van der Waals surface area contributed by atoms with Crippen LogP contribution in [0.1, 0.15) is 11.1 Å². The Morgan fingerprint density at radius 2 is 1.94 bits per heavy atom. The summed E-state index contributed by atoms with van der Waals surface area (Å²) in [4.78, 5) is 0. The Balaban J connectivity index is 2.15. The molecule has 2 aromatic carbocycles. The molecule has 0 heterocycles. The van der Waals surface area contributed by atoms with Crippen molar-refractivity contribution in [2.24, 2.45) is 0 Å². The number of anilines is 1. The van der Waals surface area contributed by atoms with E-state index in [1.54, 1.807) is 7.11 Å². The van der Waals surface area contributed by atoms with Crippen molar-refractivity contribution in [2.75, 3.05) is 12.4 Å². The molecule has 0 atom stereocenters. The summed E-state index contributed by atoms with van der Waals surface area (Å²) in [5, 5.41) is 3.44. The van der Waals surface area contributed by atoms with Crippen molar-refractivity contribution < 1.29 is 4.74 Å². The molecular weight excluding hydrogens is 337 g/mol. The van der Waals surface area contributed by atoms with Crippen LogP contribution in [0.5, 0.6) is 5.75 Å². The molecule has 94 valence electrons. The number of para-hydroxylation sites is 1. The van der Waals surface area contributed by atoms with Gasteiger partial charge < -0.3 is 10.1 Å². The van der Waals surface area contributed by atoms with Crippen LogP contribution < -0.4 is 10.1 Å². The summed E-state index contributed by atoms with van der Waals surface area (Å²) in [6.07, 6.45) is 0. The largest absolute Gasteiger partial charge is 0.496 e. The van der Waals surface area contributed by atoms with Gasteiger partial charge in [0.25, 0.3) is 0 Å². The van der Waals surface area contributed by atoms with Crippen molar-refractivity contribution in [3.8, 4) is 5.75 Å². The first kappa shape index (κ1) is 13.2. The molecule has 0 saturated heterocycles. The number of methoxy groups -OCH3 is 1. The number of benzene rings is 2. The Kier molecular flexibility index (Phi) is 4.47. The third-order valence-corrected chi connectivity index (χ3v) is 3.72. The summed E-state index contributed by atoms with van der Waals surface area (Å²) in [5.41, 5.74) is 3.58. The summed E-state index contributed by atoms with van der Waals surface area (Å²) in [7, 11) is 1.71. The fourth-order valence-corrected chi connectivity index (χ4v) is 2.42. The van der Waals surface area contributed by atoms with Crippen LogP contribution in [0.4, 0.5) is 5.69 Å². The first-order chi connectivity index (χ1) is 8.70. The number of nitrogens with one attached hydrogen (secondary N) is 1. The van der Waals surface area contributed by atoms with Gasteiger partial charge in [0, 0.05) is 21.4 Å². The fourth-order valence-electron chi connectivity index (χ4n) is 1.84. The van der Waals surface area contributed by atoms with E-state index < -0.39 is 0 Å².